The Morgan fingerprint density at radius 1 is 1.20 bits per heavy atom. The van der Waals surface area contributed by atoms with Crippen molar-refractivity contribution in [3.8, 4) is 11.5 Å². The van der Waals surface area contributed by atoms with Crippen LogP contribution in [0.25, 0.3) is 0 Å². The minimum absolute atomic E-state index is 0.621. The molecule has 1 N–H and O–H groups in total. The molecule has 3 unspecified atom stereocenters. The summed E-state index contributed by atoms with van der Waals surface area (Å²) < 4.78 is 10.8. The molecule has 0 bridgehead atoms. The third-order valence-electron chi connectivity index (χ3n) is 4.79. The van der Waals surface area contributed by atoms with Gasteiger partial charge in [-0.1, -0.05) is 32.4 Å². The van der Waals surface area contributed by atoms with Gasteiger partial charge in [0.05, 0.1) is 14.2 Å². The lowest BCUT2D eigenvalue weighted by Crippen LogP contribution is -2.32. The van der Waals surface area contributed by atoms with Gasteiger partial charge in [0.15, 0.2) is 11.5 Å². The van der Waals surface area contributed by atoms with E-state index in [1.54, 1.807) is 14.2 Å². The van der Waals surface area contributed by atoms with E-state index in [0.29, 0.717) is 6.04 Å². The van der Waals surface area contributed by atoms with Crippen LogP contribution in [0, 0.1) is 11.8 Å². The van der Waals surface area contributed by atoms with Crippen LogP contribution in [0.5, 0.6) is 11.5 Å². The molecule has 0 radical (unpaired) electrons. The lowest BCUT2D eigenvalue weighted by Gasteiger charge is -2.22. The number of hydrogen-bond donors (Lipinski definition) is 1. The summed E-state index contributed by atoms with van der Waals surface area (Å²) in [5, 5.41) is 3.70. The summed E-state index contributed by atoms with van der Waals surface area (Å²) >= 11 is 0. The number of hydrogen-bond acceptors (Lipinski definition) is 3. The highest BCUT2D eigenvalue weighted by Gasteiger charge is 2.31. The van der Waals surface area contributed by atoms with Gasteiger partial charge >= 0.3 is 0 Å². The lowest BCUT2D eigenvalue weighted by atomic mass is 9.93. The van der Waals surface area contributed by atoms with Crippen molar-refractivity contribution in [2.24, 2.45) is 11.8 Å². The van der Waals surface area contributed by atoms with Crippen molar-refractivity contribution in [1.29, 1.82) is 0 Å². The molecular weight excluding hydrogens is 250 g/mol. The lowest BCUT2D eigenvalue weighted by molar-refractivity contribution is 0.335. The molecule has 3 nitrogen and oxygen atoms in total. The molecule has 3 heteroatoms. The Balaban J connectivity index is 2.01. The normalized spacial score (nSPS) is 25.7. The van der Waals surface area contributed by atoms with Gasteiger partial charge < -0.3 is 14.8 Å². The standard InChI is InChI=1S/C17H27NO2/c1-5-13-9-10-15(12(13)2)18-11-14-7-6-8-16(19-3)17(14)20-4/h6-8,12-13,15,18H,5,9-11H2,1-4H3. The average molecular weight is 277 g/mol. The summed E-state index contributed by atoms with van der Waals surface area (Å²) in [7, 11) is 3.38. The van der Waals surface area contributed by atoms with Crippen molar-refractivity contribution in [3.05, 3.63) is 23.8 Å². The molecule has 0 saturated heterocycles. The van der Waals surface area contributed by atoms with Crippen molar-refractivity contribution in [2.75, 3.05) is 14.2 Å². The van der Waals surface area contributed by atoms with E-state index >= 15 is 0 Å². The maximum absolute atomic E-state index is 5.49. The maximum atomic E-state index is 5.49. The van der Waals surface area contributed by atoms with Gasteiger partial charge in [0, 0.05) is 18.2 Å². The molecule has 20 heavy (non-hydrogen) atoms. The molecule has 0 aromatic heterocycles. The zero-order valence-corrected chi connectivity index (χ0v) is 13.1. The molecular formula is C17H27NO2. The van der Waals surface area contributed by atoms with E-state index in [-0.39, 0.29) is 0 Å². The van der Waals surface area contributed by atoms with Crippen LogP contribution in [-0.2, 0) is 6.54 Å². The van der Waals surface area contributed by atoms with Crippen LogP contribution in [-0.4, -0.2) is 20.3 Å². The van der Waals surface area contributed by atoms with Crippen LogP contribution < -0.4 is 14.8 Å². The number of para-hydroxylation sites is 1. The summed E-state index contributed by atoms with van der Waals surface area (Å²) in [6, 6.07) is 6.68. The van der Waals surface area contributed by atoms with E-state index in [0.717, 1.165) is 29.9 Å². The van der Waals surface area contributed by atoms with E-state index in [2.05, 4.69) is 25.2 Å². The van der Waals surface area contributed by atoms with Crippen molar-refractivity contribution >= 4 is 0 Å². The first-order chi connectivity index (χ1) is 9.71. The molecule has 3 atom stereocenters. The Kier molecular flexibility index (Phi) is 5.30. The van der Waals surface area contributed by atoms with E-state index in [1.807, 2.05) is 12.1 Å². The van der Waals surface area contributed by atoms with Crippen molar-refractivity contribution in [2.45, 2.75) is 45.7 Å². The van der Waals surface area contributed by atoms with Crippen LogP contribution in [0.15, 0.2) is 18.2 Å². The summed E-state index contributed by atoms with van der Waals surface area (Å²) in [4.78, 5) is 0. The van der Waals surface area contributed by atoms with Crippen LogP contribution >= 0.6 is 0 Å². The van der Waals surface area contributed by atoms with Crippen LogP contribution in [0.3, 0.4) is 0 Å². The second-order valence-corrected chi connectivity index (χ2v) is 5.74. The van der Waals surface area contributed by atoms with Crippen molar-refractivity contribution < 1.29 is 9.47 Å². The van der Waals surface area contributed by atoms with Crippen LogP contribution in [0.1, 0.15) is 38.7 Å². The number of methoxy groups -OCH3 is 2. The predicted octanol–water partition coefficient (Wildman–Crippen LogP) is 3.62. The van der Waals surface area contributed by atoms with E-state index < -0.39 is 0 Å². The zero-order valence-electron chi connectivity index (χ0n) is 13.1. The molecule has 0 heterocycles. The highest BCUT2D eigenvalue weighted by molar-refractivity contribution is 5.46. The predicted molar refractivity (Wildman–Crippen MR) is 82.4 cm³/mol. The van der Waals surface area contributed by atoms with Gasteiger partial charge in [0.2, 0.25) is 0 Å². The van der Waals surface area contributed by atoms with Crippen LogP contribution in [0.2, 0.25) is 0 Å². The van der Waals surface area contributed by atoms with Gasteiger partial charge in [0.1, 0.15) is 0 Å². The average Bonchev–Trinajstić information content (AvgIpc) is 2.84. The smallest absolute Gasteiger partial charge is 0.165 e. The Morgan fingerprint density at radius 2 is 2.00 bits per heavy atom. The van der Waals surface area contributed by atoms with E-state index in [4.69, 9.17) is 9.47 Å². The quantitative estimate of drug-likeness (QED) is 0.861. The van der Waals surface area contributed by atoms with Gasteiger partial charge in [-0.25, -0.2) is 0 Å². The van der Waals surface area contributed by atoms with Gasteiger partial charge in [-0.2, -0.15) is 0 Å². The zero-order chi connectivity index (χ0) is 14.5. The van der Waals surface area contributed by atoms with Gasteiger partial charge in [-0.15, -0.1) is 0 Å². The Hall–Kier alpha value is -1.22. The van der Waals surface area contributed by atoms with Gasteiger partial charge in [0.25, 0.3) is 0 Å². The van der Waals surface area contributed by atoms with Gasteiger partial charge in [-0.05, 0) is 30.7 Å². The molecule has 0 aliphatic heterocycles. The SMILES string of the molecule is CCC1CCC(NCc2cccc(OC)c2OC)C1C. The fraction of sp³-hybridized carbons (Fsp3) is 0.647. The molecule has 0 spiro atoms. The minimum atomic E-state index is 0.621. The van der Waals surface area contributed by atoms with Gasteiger partial charge in [-0.3, -0.25) is 0 Å². The van der Waals surface area contributed by atoms with Crippen molar-refractivity contribution in [1.82, 2.24) is 5.32 Å². The molecule has 1 aromatic carbocycles. The highest BCUT2D eigenvalue weighted by atomic mass is 16.5. The first-order valence-corrected chi connectivity index (χ1v) is 7.64. The second-order valence-electron chi connectivity index (χ2n) is 5.74. The fourth-order valence-electron chi connectivity index (χ4n) is 3.45. The molecule has 1 saturated carbocycles. The Morgan fingerprint density at radius 3 is 2.60 bits per heavy atom. The number of ether oxygens (including phenoxy) is 2. The molecule has 1 fully saturated rings. The van der Waals surface area contributed by atoms with E-state index in [9.17, 15) is 0 Å². The summed E-state index contributed by atoms with van der Waals surface area (Å²) in [6.07, 6.45) is 3.93. The summed E-state index contributed by atoms with van der Waals surface area (Å²) in [5.74, 6) is 3.29. The highest BCUT2D eigenvalue weighted by Crippen LogP contribution is 2.35. The maximum Gasteiger partial charge on any atom is 0.165 e. The number of nitrogens with one attached hydrogen (secondary N) is 1. The molecule has 1 aliphatic carbocycles. The third-order valence-corrected chi connectivity index (χ3v) is 4.79. The monoisotopic (exact) mass is 277 g/mol. The minimum Gasteiger partial charge on any atom is -0.493 e. The third kappa shape index (κ3) is 3.09. The molecule has 0 amide bonds. The fourth-order valence-corrected chi connectivity index (χ4v) is 3.45. The molecule has 1 aliphatic rings. The number of rotatable bonds is 6. The second kappa shape index (κ2) is 6.98. The number of benzene rings is 1. The molecule has 112 valence electrons. The first-order valence-electron chi connectivity index (χ1n) is 7.64. The molecule has 1 aromatic rings. The van der Waals surface area contributed by atoms with Crippen molar-refractivity contribution in [3.63, 3.8) is 0 Å². The Labute approximate surface area is 122 Å². The largest absolute Gasteiger partial charge is 0.493 e. The molecule has 2 rings (SSSR count). The summed E-state index contributed by atoms with van der Waals surface area (Å²) in [5.41, 5.74) is 1.17. The van der Waals surface area contributed by atoms with Crippen LogP contribution in [0.4, 0.5) is 0 Å². The van der Waals surface area contributed by atoms with E-state index in [1.165, 1.54) is 24.8 Å². The Bertz CT molecular complexity index is 433. The first kappa shape index (κ1) is 15.2. The topological polar surface area (TPSA) is 30.5 Å². The summed E-state index contributed by atoms with van der Waals surface area (Å²) in [6.45, 7) is 5.52.